The van der Waals surface area contributed by atoms with E-state index < -0.39 is 17.9 Å². The second-order valence-electron chi connectivity index (χ2n) is 4.38. The molecule has 0 saturated carbocycles. The fraction of sp³-hybridized carbons (Fsp3) is 0.385. The monoisotopic (exact) mass is 333 g/mol. The molecule has 21 heavy (non-hydrogen) atoms. The summed E-state index contributed by atoms with van der Waals surface area (Å²) in [5.41, 5.74) is 0. The average molecular weight is 334 g/mol. The Hall–Kier alpha value is -1.50. The Morgan fingerprint density at radius 2 is 2.19 bits per heavy atom. The zero-order valence-electron chi connectivity index (χ0n) is 10.9. The minimum Gasteiger partial charge on any atom is -0.482 e. The van der Waals surface area contributed by atoms with Gasteiger partial charge in [-0.15, -0.1) is 0 Å². The van der Waals surface area contributed by atoms with E-state index in [-0.39, 0.29) is 25.5 Å². The van der Waals surface area contributed by atoms with Crippen molar-refractivity contribution in [3.8, 4) is 5.75 Å². The van der Waals surface area contributed by atoms with Gasteiger partial charge >= 0.3 is 5.97 Å². The van der Waals surface area contributed by atoms with Crippen molar-refractivity contribution in [2.45, 2.75) is 6.04 Å². The minimum absolute atomic E-state index is 0.0288. The number of ether oxygens (including phenoxy) is 2. The quantitative estimate of drug-likeness (QED) is 0.907. The summed E-state index contributed by atoms with van der Waals surface area (Å²) in [6.45, 7) is 0.165. The number of rotatable bonds is 4. The molecule has 1 aliphatic heterocycles. The zero-order chi connectivity index (χ0) is 15.4. The molecule has 1 amide bonds. The summed E-state index contributed by atoms with van der Waals surface area (Å²) in [5, 5.41) is 9.82. The van der Waals surface area contributed by atoms with Crippen molar-refractivity contribution in [2.24, 2.45) is 0 Å². The highest BCUT2D eigenvalue weighted by Crippen LogP contribution is 2.27. The van der Waals surface area contributed by atoms with Crippen LogP contribution in [0.4, 0.5) is 0 Å². The second kappa shape index (κ2) is 6.98. The van der Waals surface area contributed by atoms with Gasteiger partial charge in [-0.25, -0.2) is 4.79 Å². The number of benzene rings is 1. The maximum Gasteiger partial charge on any atom is 0.328 e. The fourth-order valence-corrected chi connectivity index (χ4v) is 2.25. The number of carbonyl (C=O) groups excluding carboxylic acids is 1. The number of carboxylic acid groups (broad SMARTS) is 1. The van der Waals surface area contributed by atoms with Crippen LogP contribution in [0.2, 0.25) is 10.0 Å². The molecule has 114 valence electrons. The highest BCUT2D eigenvalue weighted by Gasteiger charge is 2.32. The number of carboxylic acids is 1. The Balaban J connectivity index is 2.00. The molecule has 1 atom stereocenters. The van der Waals surface area contributed by atoms with Crippen molar-refractivity contribution in [3.63, 3.8) is 0 Å². The van der Waals surface area contributed by atoms with Crippen LogP contribution in [-0.4, -0.2) is 54.3 Å². The number of morpholine rings is 1. The molecule has 8 heteroatoms. The first-order chi connectivity index (χ1) is 9.99. The number of hydrogen-bond donors (Lipinski definition) is 1. The summed E-state index contributed by atoms with van der Waals surface area (Å²) in [7, 11) is 0. The van der Waals surface area contributed by atoms with Crippen molar-refractivity contribution in [2.75, 3.05) is 26.4 Å². The highest BCUT2D eigenvalue weighted by atomic mass is 35.5. The first kappa shape index (κ1) is 15.9. The van der Waals surface area contributed by atoms with Gasteiger partial charge in [-0.3, -0.25) is 4.79 Å². The number of amides is 1. The summed E-state index contributed by atoms with van der Waals surface area (Å²) in [6, 6.07) is 3.65. The largest absolute Gasteiger partial charge is 0.482 e. The molecule has 0 unspecified atom stereocenters. The molecule has 6 nitrogen and oxygen atoms in total. The van der Waals surface area contributed by atoms with Crippen LogP contribution in [0.15, 0.2) is 18.2 Å². The van der Waals surface area contributed by atoms with E-state index in [1.807, 2.05) is 0 Å². The third-order valence-electron chi connectivity index (χ3n) is 2.98. The fourth-order valence-electron chi connectivity index (χ4n) is 1.92. The molecule has 1 saturated heterocycles. The van der Waals surface area contributed by atoms with E-state index in [2.05, 4.69) is 0 Å². The molecule has 1 N–H and O–H groups in total. The van der Waals surface area contributed by atoms with Crippen LogP contribution >= 0.6 is 23.2 Å². The smallest absolute Gasteiger partial charge is 0.328 e. The van der Waals surface area contributed by atoms with Gasteiger partial charge in [0.1, 0.15) is 5.75 Å². The maximum absolute atomic E-state index is 12.1. The lowest BCUT2D eigenvalue weighted by atomic mass is 10.2. The van der Waals surface area contributed by atoms with E-state index in [1.54, 1.807) is 12.1 Å². The van der Waals surface area contributed by atoms with Crippen molar-refractivity contribution in [1.29, 1.82) is 0 Å². The molecule has 1 fully saturated rings. The van der Waals surface area contributed by atoms with Crippen LogP contribution in [0.1, 0.15) is 0 Å². The lowest BCUT2D eigenvalue weighted by Crippen LogP contribution is -2.53. The number of aliphatic carboxylic acids is 1. The van der Waals surface area contributed by atoms with Crippen LogP contribution < -0.4 is 4.74 Å². The minimum atomic E-state index is -1.11. The van der Waals surface area contributed by atoms with Gasteiger partial charge in [0.2, 0.25) is 0 Å². The second-order valence-corrected chi connectivity index (χ2v) is 5.22. The standard InChI is InChI=1S/C13H13Cl2NO5/c14-8-1-2-9(15)11(5-8)21-7-12(17)16-3-4-20-6-10(16)13(18)19/h1-2,5,10H,3-4,6-7H2,(H,18,19)/t10-/m0/s1. The molecule has 2 rings (SSSR count). The summed E-state index contributed by atoms with van der Waals surface area (Å²) < 4.78 is 10.4. The number of nitrogens with zero attached hydrogens (tertiary/aromatic N) is 1. The predicted molar refractivity (Wildman–Crippen MR) is 75.9 cm³/mol. The zero-order valence-corrected chi connectivity index (χ0v) is 12.4. The van der Waals surface area contributed by atoms with E-state index in [0.717, 1.165) is 0 Å². The van der Waals surface area contributed by atoms with E-state index >= 15 is 0 Å². The highest BCUT2D eigenvalue weighted by molar-refractivity contribution is 6.34. The number of halogens is 2. The van der Waals surface area contributed by atoms with E-state index in [0.29, 0.717) is 16.7 Å². The average Bonchev–Trinajstić information content (AvgIpc) is 2.47. The first-order valence-corrected chi connectivity index (χ1v) is 6.92. The van der Waals surface area contributed by atoms with Crippen LogP contribution in [0, 0.1) is 0 Å². The molecular formula is C13H13Cl2NO5. The van der Waals surface area contributed by atoms with Gasteiger partial charge in [0.05, 0.1) is 18.2 Å². The molecule has 1 aliphatic rings. The van der Waals surface area contributed by atoms with E-state index in [1.165, 1.54) is 11.0 Å². The lowest BCUT2D eigenvalue weighted by Gasteiger charge is -2.32. The Bertz CT molecular complexity index is 551. The predicted octanol–water partition coefficient (Wildman–Crippen LogP) is 1.68. The molecule has 0 aliphatic carbocycles. The van der Waals surface area contributed by atoms with Gasteiger partial charge in [-0.2, -0.15) is 0 Å². The molecule has 0 bridgehead atoms. The summed E-state index contributed by atoms with van der Waals surface area (Å²) in [6.07, 6.45) is 0. The molecule has 1 aromatic rings. The SMILES string of the molecule is O=C(O)[C@@H]1COCCN1C(=O)COc1cc(Cl)ccc1Cl. The van der Waals surface area contributed by atoms with Crippen LogP contribution in [0.25, 0.3) is 0 Å². The van der Waals surface area contributed by atoms with Gasteiger partial charge in [0.15, 0.2) is 12.6 Å². The summed E-state index contributed by atoms with van der Waals surface area (Å²) in [5.74, 6) is -1.27. The molecule has 0 spiro atoms. The molecule has 1 aromatic carbocycles. The topological polar surface area (TPSA) is 76.1 Å². The third-order valence-corrected chi connectivity index (χ3v) is 3.53. The summed E-state index contributed by atoms with van der Waals surface area (Å²) in [4.78, 5) is 24.4. The lowest BCUT2D eigenvalue weighted by molar-refractivity contribution is -0.159. The van der Waals surface area contributed by atoms with Crippen molar-refractivity contribution in [1.82, 2.24) is 4.90 Å². The molecule has 0 aromatic heterocycles. The van der Waals surface area contributed by atoms with Crippen LogP contribution in [0.5, 0.6) is 5.75 Å². The van der Waals surface area contributed by atoms with Gasteiger partial charge in [0, 0.05) is 17.6 Å². The van der Waals surface area contributed by atoms with Crippen molar-refractivity contribution >= 4 is 35.1 Å². The Labute approximate surface area is 131 Å². The number of hydrogen-bond acceptors (Lipinski definition) is 4. The molecule has 1 heterocycles. The Morgan fingerprint density at radius 1 is 1.43 bits per heavy atom. The summed E-state index contributed by atoms with van der Waals surface area (Å²) >= 11 is 11.7. The normalized spacial score (nSPS) is 18.4. The van der Waals surface area contributed by atoms with Gasteiger partial charge in [-0.05, 0) is 12.1 Å². The maximum atomic E-state index is 12.1. The van der Waals surface area contributed by atoms with Gasteiger partial charge < -0.3 is 19.5 Å². The molecular weight excluding hydrogens is 321 g/mol. The number of carbonyl (C=O) groups is 2. The Kier molecular flexibility index (Phi) is 5.27. The first-order valence-electron chi connectivity index (χ1n) is 6.17. The van der Waals surface area contributed by atoms with Gasteiger partial charge in [-0.1, -0.05) is 23.2 Å². The van der Waals surface area contributed by atoms with E-state index in [9.17, 15) is 9.59 Å². The Morgan fingerprint density at radius 3 is 2.90 bits per heavy atom. The van der Waals surface area contributed by atoms with Crippen molar-refractivity contribution in [3.05, 3.63) is 28.2 Å². The van der Waals surface area contributed by atoms with Crippen LogP contribution in [-0.2, 0) is 14.3 Å². The van der Waals surface area contributed by atoms with Gasteiger partial charge in [0.25, 0.3) is 5.91 Å². The molecule has 0 radical (unpaired) electrons. The van der Waals surface area contributed by atoms with E-state index in [4.69, 9.17) is 37.8 Å². The van der Waals surface area contributed by atoms with Crippen LogP contribution in [0.3, 0.4) is 0 Å². The van der Waals surface area contributed by atoms with Crippen molar-refractivity contribution < 1.29 is 24.2 Å². The third kappa shape index (κ3) is 4.00.